The van der Waals surface area contributed by atoms with Gasteiger partial charge in [-0.25, -0.2) is 0 Å². The van der Waals surface area contributed by atoms with E-state index in [0.29, 0.717) is 17.5 Å². The van der Waals surface area contributed by atoms with E-state index in [1.165, 1.54) is 6.33 Å². The van der Waals surface area contributed by atoms with Gasteiger partial charge in [0.05, 0.1) is 23.3 Å². The van der Waals surface area contributed by atoms with Gasteiger partial charge in [-0.1, -0.05) is 24.3 Å². The molecule has 0 spiro atoms. The number of benzene rings is 2. The molecule has 1 atom stereocenters. The Morgan fingerprint density at radius 3 is 2.04 bits per heavy atom. The Labute approximate surface area is 133 Å². The maximum Gasteiger partial charge on any atom is 0.162 e. The fraction of sp³-hybridized carbons (Fsp3) is 0.118. The summed E-state index contributed by atoms with van der Waals surface area (Å²) in [6, 6.07) is 18.9. The molecule has 0 saturated heterocycles. The topological polar surface area (TPSA) is 91.2 Å². The SMILES string of the molecule is N#Cc1ccc(CC(c2ccc(C#N)cc2)n2ncnn2)cc1. The molecule has 0 aliphatic carbocycles. The number of rotatable bonds is 4. The first-order valence-corrected chi connectivity index (χ1v) is 7.02. The van der Waals surface area contributed by atoms with Gasteiger partial charge < -0.3 is 0 Å². The quantitative estimate of drug-likeness (QED) is 0.737. The Morgan fingerprint density at radius 2 is 1.52 bits per heavy atom. The summed E-state index contributed by atoms with van der Waals surface area (Å²) in [6.45, 7) is 0. The van der Waals surface area contributed by atoms with Crippen LogP contribution in [0.3, 0.4) is 0 Å². The second-order valence-corrected chi connectivity index (χ2v) is 5.02. The van der Waals surface area contributed by atoms with E-state index in [9.17, 15) is 0 Å². The molecular weight excluding hydrogens is 288 g/mol. The summed E-state index contributed by atoms with van der Waals surface area (Å²) < 4.78 is 0. The molecule has 0 aliphatic heterocycles. The molecule has 3 aromatic rings. The van der Waals surface area contributed by atoms with Crippen LogP contribution in [-0.4, -0.2) is 20.2 Å². The van der Waals surface area contributed by atoms with E-state index in [2.05, 4.69) is 27.5 Å². The van der Waals surface area contributed by atoms with Crippen LogP contribution in [-0.2, 0) is 6.42 Å². The van der Waals surface area contributed by atoms with Gasteiger partial charge in [-0.15, -0.1) is 10.2 Å². The number of nitrogens with zero attached hydrogens (tertiary/aromatic N) is 6. The summed E-state index contributed by atoms with van der Waals surface area (Å²) in [5.41, 5.74) is 3.29. The van der Waals surface area contributed by atoms with Crippen molar-refractivity contribution in [2.75, 3.05) is 0 Å². The normalized spacial score (nSPS) is 11.4. The zero-order valence-electron chi connectivity index (χ0n) is 12.2. The highest BCUT2D eigenvalue weighted by atomic mass is 15.6. The van der Waals surface area contributed by atoms with Gasteiger partial charge in [0.25, 0.3) is 0 Å². The lowest BCUT2D eigenvalue weighted by molar-refractivity contribution is 0.448. The van der Waals surface area contributed by atoms with Crippen LogP contribution in [0.25, 0.3) is 0 Å². The summed E-state index contributed by atoms with van der Waals surface area (Å²) >= 11 is 0. The van der Waals surface area contributed by atoms with Crippen LogP contribution in [0.5, 0.6) is 0 Å². The fourth-order valence-corrected chi connectivity index (χ4v) is 2.37. The van der Waals surface area contributed by atoms with Crippen LogP contribution in [0.15, 0.2) is 54.9 Å². The maximum atomic E-state index is 8.92. The Balaban J connectivity index is 1.92. The molecule has 3 rings (SSSR count). The van der Waals surface area contributed by atoms with E-state index in [1.807, 2.05) is 24.3 Å². The molecule has 0 N–H and O–H groups in total. The minimum atomic E-state index is -0.127. The standard InChI is InChI=1S/C17H12N6/c18-10-14-3-1-13(2-4-14)9-17(23-21-12-20-22-23)16-7-5-15(11-19)6-8-16/h1-8,12,17H,9H2. The van der Waals surface area contributed by atoms with E-state index in [4.69, 9.17) is 10.5 Å². The van der Waals surface area contributed by atoms with Crippen LogP contribution >= 0.6 is 0 Å². The monoisotopic (exact) mass is 300 g/mol. The van der Waals surface area contributed by atoms with Crippen molar-refractivity contribution in [3.8, 4) is 12.1 Å². The highest BCUT2D eigenvalue weighted by Crippen LogP contribution is 2.22. The minimum absolute atomic E-state index is 0.127. The summed E-state index contributed by atoms with van der Waals surface area (Å²) in [5, 5.41) is 29.7. The van der Waals surface area contributed by atoms with Crippen molar-refractivity contribution < 1.29 is 0 Å². The van der Waals surface area contributed by atoms with Crippen molar-refractivity contribution in [1.29, 1.82) is 10.5 Å². The van der Waals surface area contributed by atoms with Crippen LogP contribution in [0.4, 0.5) is 0 Å². The molecule has 1 aromatic heterocycles. The maximum absolute atomic E-state index is 8.92. The number of aromatic nitrogens is 4. The molecule has 2 aromatic carbocycles. The predicted molar refractivity (Wildman–Crippen MR) is 82.0 cm³/mol. The number of hydrogen-bond acceptors (Lipinski definition) is 5. The van der Waals surface area contributed by atoms with E-state index in [0.717, 1.165) is 11.1 Å². The summed E-state index contributed by atoms with van der Waals surface area (Å²) in [4.78, 5) is 1.56. The van der Waals surface area contributed by atoms with Crippen molar-refractivity contribution in [3.63, 3.8) is 0 Å². The van der Waals surface area contributed by atoms with E-state index < -0.39 is 0 Å². The van der Waals surface area contributed by atoms with Gasteiger partial charge in [-0.3, -0.25) is 0 Å². The second-order valence-electron chi connectivity index (χ2n) is 5.02. The third kappa shape index (κ3) is 3.22. The van der Waals surface area contributed by atoms with Gasteiger partial charge >= 0.3 is 0 Å². The molecule has 0 aliphatic rings. The Hall–Kier alpha value is -3.51. The molecule has 0 bridgehead atoms. The summed E-state index contributed by atoms with van der Waals surface area (Å²) in [5.74, 6) is 0. The van der Waals surface area contributed by atoms with Gasteiger partial charge in [-0.2, -0.15) is 15.3 Å². The minimum Gasteiger partial charge on any atom is -0.192 e. The third-order valence-electron chi connectivity index (χ3n) is 3.58. The first-order valence-electron chi connectivity index (χ1n) is 7.02. The molecule has 6 nitrogen and oxygen atoms in total. The van der Waals surface area contributed by atoms with E-state index in [-0.39, 0.29) is 6.04 Å². The van der Waals surface area contributed by atoms with Crippen molar-refractivity contribution >= 4 is 0 Å². The zero-order valence-corrected chi connectivity index (χ0v) is 12.2. The number of hydrogen-bond donors (Lipinski definition) is 0. The average Bonchev–Trinajstić information content (AvgIpc) is 3.15. The molecule has 0 amide bonds. The lowest BCUT2D eigenvalue weighted by Gasteiger charge is -2.16. The first kappa shape index (κ1) is 14.4. The van der Waals surface area contributed by atoms with Crippen LogP contribution in [0.1, 0.15) is 28.3 Å². The number of nitriles is 2. The molecule has 0 saturated carbocycles. The van der Waals surface area contributed by atoms with Gasteiger partial charge in [0.1, 0.15) is 6.04 Å². The summed E-state index contributed by atoms with van der Waals surface area (Å²) in [7, 11) is 0. The molecule has 1 unspecified atom stereocenters. The van der Waals surface area contributed by atoms with Gasteiger partial charge in [0.2, 0.25) is 0 Å². The van der Waals surface area contributed by atoms with E-state index >= 15 is 0 Å². The largest absolute Gasteiger partial charge is 0.192 e. The molecule has 1 heterocycles. The van der Waals surface area contributed by atoms with Crippen molar-refractivity contribution in [2.24, 2.45) is 0 Å². The van der Waals surface area contributed by atoms with Crippen LogP contribution < -0.4 is 0 Å². The van der Waals surface area contributed by atoms with Crippen LogP contribution in [0, 0.1) is 22.7 Å². The van der Waals surface area contributed by atoms with Crippen molar-refractivity contribution in [2.45, 2.75) is 12.5 Å². The lowest BCUT2D eigenvalue weighted by atomic mass is 9.98. The smallest absolute Gasteiger partial charge is 0.162 e. The fourth-order valence-electron chi connectivity index (χ4n) is 2.37. The number of tetrazole rings is 1. The third-order valence-corrected chi connectivity index (χ3v) is 3.58. The van der Waals surface area contributed by atoms with Crippen molar-refractivity contribution in [1.82, 2.24) is 20.2 Å². The van der Waals surface area contributed by atoms with Crippen molar-refractivity contribution in [3.05, 3.63) is 77.1 Å². The summed E-state index contributed by atoms with van der Waals surface area (Å²) in [6.07, 6.45) is 2.06. The highest BCUT2D eigenvalue weighted by molar-refractivity contribution is 5.35. The van der Waals surface area contributed by atoms with Gasteiger partial charge in [-0.05, 0) is 40.6 Å². The Morgan fingerprint density at radius 1 is 0.913 bits per heavy atom. The molecule has 0 fully saturated rings. The molecule has 110 valence electrons. The van der Waals surface area contributed by atoms with Gasteiger partial charge in [0.15, 0.2) is 6.33 Å². The van der Waals surface area contributed by atoms with Crippen LogP contribution in [0.2, 0.25) is 0 Å². The van der Waals surface area contributed by atoms with Gasteiger partial charge in [0, 0.05) is 6.42 Å². The molecular formula is C17H12N6. The molecule has 6 heteroatoms. The Bertz CT molecular complexity index is 851. The second kappa shape index (κ2) is 6.50. The molecule has 0 radical (unpaired) electrons. The van der Waals surface area contributed by atoms with E-state index in [1.54, 1.807) is 29.1 Å². The predicted octanol–water partition coefficient (Wildman–Crippen LogP) is 2.25. The lowest BCUT2D eigenvalue weighted by Crippen LogP contribution is -2.16. The average molecular weight is 300 g/mol. The Kier molecular flexibility index (Phi) is 4.08. The first-order chi connectivity index (χ1) is 11.3. The highest BCUT2D eigenvalue weighted by Gasteiger charge is 2.17. The zero-order chi connectivity index (χ0) is 16.1. The molecule has 23 heavy (non-hydrogen) atoms.